The van der Waals surface area contributed by atoms with E-state index >= 15 is 0 Å². The van der Waals surface area contributed by atoms with Gasteiger partial charge in [-0.05, 0) is 56.2 Å². The van der Waals surface area contributed by atoms with E-state index in [0.717, 1.165) is 12.6 Å². The first-order valence-electron chi connectivity index (χ1n) is 10.8. The van der Waals surface area contributed by atoms with Gasteiger partial charge in [0.1, 0.15) is 23.8 Å². The average molecular weight is 506 g/mol. The molecule has 3 aromatic rings. The van der Waals surface area contributed by atoms with Crippen molar-refractivity contribution in [1.82, 2.24) is 9.13 Å². The minimum absolute atomic E-state index is 0.0737. The lowest BCUT2D eigenvalue weighted by Gasteiger charge is -2.17. The summed E-state index contributed by atoms with van der Waals surface area (Å²) in [4.78, 5) is 36.7. The van der Waals surface area contributed by atoms with Crippen LogP contribution >= 0.6 is 0 Å². The Bertz CT molecular complexity index is 1410. The number of esters is 1. The van der Waals surface area contributed by atoms with Gasteiger partial charge in [0, 0.05) is 18.7 Å². The van der Waals surface area contributed by atoms with E-state index in [1.807, 2.05) is 13.0 Å². The van der Waals surface area contributed by atoms with Crippen molar-refractivity contribution in [3.8, 4) is 17.2 Å². The molecule has 0 bridgehead atoms. The summed E-state index contributed by atoms with van der Waals surface area (Å²) in [5.41, 5.74) is -1.40. The van der Waals surface area contributed by atoms with Crippen LogP contribution in [0, 0.1) is 13.8 Å². The lowest BCUT2D eigenvalue weighted by molar-refractivity contribution is -0.148. The number of methoxy groups -OCH3 is 1. The highest BCUT2D eigenvalue weighted by Gasteiger charge is 2.35. The normalized spacial score (nSPS) is 12.2. The topological polar surface area (TPSA) is 88.8 Å². The number of carbonyl (C=O) groups excluding carboxylic acids is 1. The lowest BCUT2D eigenvalue weighted by Crippen LogP contribution is -2.40. The van der Waals surface area contributed by atoms with Crippen LogP contribution < -0.4 is 20.7 Å². The SMILES string of the molecule is COC(=O)[C@H](C)Oc1cc(C)ccc1COc1ccc(-n2c(=O)cc(C(F)(F)F)n(C)c2=O)c(C)c1. The molecule has 2 aromatic carbocycles. The average Bonchev–Trinajstić information content (AvgIpc) is 2.80. The Balaban J connectivity index is 1.87. The van der Waals surface area contributed by atoms with Gasteiger partial charge in [-0.1, -0.05) is 12.1 Å². The summed E-state index contributed by atoms with van der Waals surface area (Å²) in [6.07, 6.45) is -5.67. The highest BCUT2D eigenvalue weighted by Crippen LogP contribution is 2.28. The van der Waals surface area contributed by atoms with Crippen LogP contribution in [0.3, 0.4) is 0 Å². The zero-order valence-corrected chi connectivity index (χ0v) is 20.3. The van der Waals surface area contributed by atoms with Crippen LogP contribution in [0.25, 0.3) is 5.69 Å². The molecule has 0 saturated carbocycles. The van der Waals surface area contributed by atoms with Crippen molar-refractivity contribution in [2.75, 3.05) is 7.11 Å². The standard InChI is InChI=1S/C25H25F3N2O6/c1-14-6-7-17(20(10-14)36-16(3)23(32)34-5)13-35-18-8-9-19(15(2)11-18)30-22(31)12-21(25(26,27)28)29(4)24(30)33/h6-12,16H,13H2,1-5H3/t16-/m0/s1. The van der Waals surface area contributed by atoms with Gasteiger partial charge < -0.3 is 14.2 Å². The summed E-state index contributed by atoms with van der Waals surface area (Å²) in [7, 11) is 2.22. The van der Waals surface area contributed by atoms with Crippen molar-refractivity contribution < 1.29 is 32.2 Å². The van der Waals surface area contributed by atoms with Gasteiger partial charge in [-0.3, -0.25) is 9.36 Å². The number of hydrogen-bond acceptors (Lipinski definition) is 6. The molecule has 0 fully saturated rings. The molecule has 0 aliphatic carbocycles. The van der Waals surface area contributed by atoms with Crippen molar-refractivity contribution in [1.29, 1.82) is 0 Å². The molecule has 3 rings (SSSR count). The van der Waals surface area contributed by atoms with Crippen LogP contribution in [0.2, 0.25) is 0 Å². The highest BCUT2D eigenvalue weighted by molar-refractivity contribution is 5.74. The number of alkyl halides is 3. The Labute approximate surface area is 204 Å². The van der Waals surface area contributed by atoms with Crippen molar-refractivity contribution in [3.05, 3.63) is 85.7 Å². The van der Waals surface area contributed by atoms with Crippen LogP contribution in [0.5, 0.6) is 11.5 Å². The molecular formula is C25H25F3N2O6. The minimum atomic E-state index is -4.84. The maximum absolute atomic E-state index is 13.1. The molecule has 0 unspecified atom stereocenters. The molecule has 192 valence electrons. The number of halogens is 3. The lowest BCUT2D eigenvalue weighted by atomic mass is 10.1. The summed E-state index contributed by atoms with van der Waals surface area (Å²) in [6, 6.07) is 10.3. The third kappa shape index (κ3) is 5.61. The first-order valence-corrected chi connectivity index (χ1v) is 10.8. The summed E-state index contributed by atoms with van der Waals surface area (Å²) in [5, 5.41) is 0. The predicted molar refractivity (Wildman–Crippen MR) is 125 cm³/mol. The first kappa shape index (κ1) is 26.6. The molecule has 1 aromatic heterocycles. The summed E-state index contributed by atoms with van der Waals surface area (Å²) in [5.74, 6) is 0.306. The Morgan fingerprint density at radius 1 is 1.06 bits per heavy atom. The number of carbonyl (C=O) groups is 1. The number of benzene rings is 2. The second kappa shape index (κ2) is 10.3. The molecule has 11 heteroatoms. The van der Waals surface area contributed by atoms with E-state index < -0.39 is 35.2 Å². The van der Waals surface area contributed by atoms with E-state index in [1.54, 1.807) is 32.0 Å². The van der Waals surface area contributed by atoms with Gasteiger partial charge in [-0.25, -0.2) is 14.2 Å². The van der Waals surface area contributed by atoms with Crippen molar-refractivity contribution in [2.45, 2.75) is 39.7 Å². The third-order valence-corrected chi connectivity index (χ3v) is 5.47. The zero-order valence-electron chi connectivity index (χ0n) is 20.3. The third-order valence-electron chi connectivity index (χ3n) is 5.47. The fourth-order valence-electron chi connectivity index (χ4n) is 3.54. The quantitative estimate of drug-likeness (QED) is 0.454. The van der Waals surface area contributed by atoms with Gasteiger partial charge in [0.2, 0.25) is 0 Å². The Morgan fingerprint density at radius 2 is 1.75 bits per heavy atom. The molecule has 1 heterocycles. The fraction of sp³-hybridized carbons (Fsp3) is 0.320. The number of ether oxygens (including phenoxy) is 3. The summed E-state index contributed by atoms with van der Waals surface area (Å²) < 4.78 is 56.7. The van der Waals surface area contributed by atoms with Crippen LogP contribution in [0.15, 0.2) is 52.1 Å². The molecule has 0 saturated heterocycles. The molecule has 8 nitrogen and oxygen atoms in total. The van der Waals surface area contributed by atoms with Crippen LogP contribution in [-0.2, 0) is 29.4 Å². The van der Waals surface area contributed by atoms with E-state index in [2.05, 4.69) is 0 Å². The summed E-state index contributed by atoms with van der Waals surface area (Å²) in [6.45, 7) is 5.11. The van der Waals surface area contributed by atoms with Gasteiger partial charge >= 0.3 is 17.8 Å². The van der Waals surface area contributed by atoms with Crippen LogP contribution in [0.4, 0.5) is 13.2 Å². The smallest absolute Gasteiger partial charge is 0.431 e. The number of aromatic nitrogens is 2. The van der Waals surface area contributed by atoms with Crippen molar-refractivity contribution in [3.63, 3.8) is 0 Å². The van der Waals surface area contributed by atoms with Crippen LogP contribution in [0.1, 0.15) is 29.3 Å². The Kier molecular flexibility index (Phi) is 7.61. The molecule has 0 amide bonds. The highest BCUT2D eigenvalue weighted by atomic mass is 19.4. The monoisotopic (exact) mass is 506 g/mol. The minimum Gasteiger partial charge on any atom is -0.489 e. The van der Waals surface area contributed by atoms with E-state index in [4.69, 9.17) is 14.2 Å². The first-order chi connectivity index (χ1) is 16.8. The van der Waals surface area contributed by atoms with Gasteiger partial charge in [0.25, 0.3) is 5.56 Å². The molecular weight excluding hydrogens is 481 g/mol. The number of nitrogens with zero attached hydrogens (tertiary/aromatic N) is 2. The molecule has 36 heavy (non-hydrogen) atoms. The maximum atomic E-state index is 13.1. The van der Waals surface area contributed by atoms with Gasteiger partial charge in [-0.2, -0.15) is 13.2 Å². The summed E-state index contributed by atoms with van der Waals surface area (Å²) >= 11 is 0. The number of hydrogen-bond donors (Lipinski definition) is 0. The Morgan fingerprint density at radius 3 is 2.36 bits per heavy atom. The fourth-order valence-corrected chi connectivity index (χ4v) is 3.54. The second-order valence-corrected chi connectivity index (χ2v) is 8.17. The molecule has 0 aliphatic heterocycles. The largest absolute Gasteiger partial charge is 0.489 e. The van der Waals surface area contributed by atoms with Crippen molar-refractivity contribution >= 4 is 5.97 Å². The van der Waals surface area contributed by atoms with Crippen LogP contribution in [-0.4, -0.2) is 28.3 Å². The van der Waals surface area contributed by atoms with E-state index in [-0.39, 0.29) is 12.3 Å². The van der Waals surface area contributed by atoms with Crippen molar-refractivity contribution in [2.24, 2.45) is 7.05 Å². The second-order valence-electron chi connectivity index (χ2n) is 8.17. The molecule has 0 radical (unpaired) electrons. The van der Waals surface area contributed by atoms with Gasteiger partial charge in [-0.15, -0.1) is 0 Å². The van der Waals surface area contributed by atoms with E-state index in [1.165, 1.54) is 19.2 Å². The molecule has 0 aliphatic rings. The number of aryl methyl sites for hydroxylation is 2. The Hall–Kier alpha value is -4.02. The van der Waals surface area contributed by atoms with E-state index in [9.17, 15) is 27.6 Å². The van der Waals surface area contributed by atoms with Gasteiger partial charge in [0.15, 0.2) is 6.10 Å². The molecule has 0 N–H and O–H groups in total. The molecule has 1 atom stereocenters. The predicted octanol–water partition coefficient (Wildman–Crippen LogP) is 3.69. The molecule has 0 spiro atoms. The zero-order chi connectivity index (χ0) is 26.8. The maximum Gasteiger partial charge on any atom is 0.431 e. The van der Waals surface area contributed by atoms with Gasteiger partial charge in [0.05, 0.1) is 12.8 Å². The van der Waals surface area contributed by atoms with E-state index in [0.29, 0.717) is 37.8 Å². The number of rotatable bonds is 7.